The van der Waals surface area contributed by atoms with Crippen LogP contribution >= 0.6 is 0 Å². The quantitative estimate of drug-likeness (QED) is 0.283. The van der Waals surface area contributed by atoms with Crippen LogP contribution < -0.4 is 22.1 Å². The van der Waals surface area contributed by atoms with Crippen LogP contribution in [0.15, 0.2) is 72.9 Å². The number of amides is 3. The van der Waals surface area contributed by atoms with Crippen molar-refractivity contribution in [3.8, 4) is 16.8 Å². The van der Waals surface area contributed by atoms with Crippen molar-refractivity contribution in [1.82, 2.24) is 15.1 Å². The van der Waals surface area contributed by atoms with Gasteiger partial charge in [0.1, 0.15) is 11.6 Å². The second kappa shape index (κ2) is 12.2. The van der Waals surface area contributed by atoms with Crippen molar-refractivity contribution in [2.75, 3.05) is 12.4 Å². The van der Waals surface area contributed by atoms with Crippen LogP contribution in [0, 0.1) is 11.6 Å². The van der Waals surface area contributed by atoms with Crippen LogP contribution in [0.25, 0.3) is 16.8 Å². The highest BCUT2D eigenvalue weighted by atomic mass is 19.1. The van der Waals surface area contributed by atoms with E-state index in [1.54, 1.807) is 49.5 Å². The SMILES string of the molecule is CNCc1ccccc1F.NC(=O)Nc1cn(-c2ccc(-c3ccc(C=O)c(F)c3)cc2)nc1C(N)=O. The molecule has 0 saturated carbocycles. The molecular weight excluding hydrogens is 482 g/mol. The minimum Gasteiger partial charge on any atom is -0.364 e. The van der Waals surface area contributed by atoms with Crippen molar-refractivity contribution in [2.24, 2.45) is 11.5 Å². The number of urea groups is 1. The summed E-state index contributed by atoms with van der Waals surface area (Å²) in [5.74, 6) is -1.57. The first kappa shape index (κ1) is 26.7. The zero-order valence-corrected chi connectivity index (χ0v) is 19.7. The molecule has 0 aliphatic heterocycles. The first-order chi connectivity index (χ1) is 17.7. The van der Waals surface area contributed by atoms with Crippen molar-refractivity contribution in [2.45, 2.75) is 6.54 Å². The monoisotopic (exact) mass is 506 g/mol. The lowest BCUT2D eigenvalue weighted by Crippen LogP contribution is -2.22. The molecule has 0 bridgehead atoms. The number of hydrogen-bond acceptors (Lipinski definition) is 5. The molecule has 190 valence electrons. The predicted molar refractivity (Wildman–Crippen MR) is 135 cm³/mol. The molecule has 11 heteroatoms. The number of hydrogen-bond donors (Lipinski definition) is 4. The number of primary amides is 2. The van der Waals surface area contributed by atoms with Gasteiger partial charge in [-0.3, -0.25) is 9.59 Å². The summed E-state index contributed by atoms with van der Waals surface area (Å²) in [6.07, 6.45) is 1.85. The maximum atomic E-state index is 13.8. The van der Waals surface area contributed by atoms with Crippen LogP contribution in [0.3, 0.4) is 0 Å². The Balaban J connectivity index is 0.000000319. The molecule has 0 radical (unpaired) electrons. The fourth-order valence-corrected chi connectivity index (χ4v) is 3.35. The topological polar surface area (TPSA) is 145 Å². The number of carbonyl (C=O) groups excluding carboxylic acids is 3. The molecule has 0 aliphatic rings. The van der Waals surface area contributed by atoms with Gasteiger partial charge in [0.25, 0.3) is 5.91 Å². The largest absolute Gasteiger partial charge is 0.364 e. The third-order valence-electron chi connectivity index (χ3n) is 5.12. The first-order valence-corrected chi connectivity index (χ1v) is 10.9. The van der Waals surface area contributed by atoms with Crippen molar-refractivity contribution in [1.29, 1.82) is 0 Å². The first-order valence-electron chi connectivity index (χ1n) is 10.9. The Bertz CT molecular complexity index is 1420. The van der Waals surface area contributed by atoms with Crippen LogP contribution in [0.2, 0.25) is 0 Å². The third kappa shape index (κ3) is 6.83. The second-order valence-corrected chi connectivity index (χ2v) is 7.71. The van der Waals surface area contributed by atoms with E-state index in [4.69, 9.17) is 11.5 Å². The van der Waals surface area contributed by atoms with Crippen LogP contribution in [-0.2, 0) is 6.54 Å². The smallest absolute Gasteiger partial charge is 0.316 e. The highest BCUT2D eigenvalue weighted by Gasteiger charge is 2.16. The number of anilines is 1. The number of benzene rings is 3. The summed E-state index contributed by atoms with van der Waals surface area (Å²) in [6.45, 7) is 0.590. The molecule has 3 amide bonds. The van der Waals surface area contributed by atoms with Crippen molar-refractivity contribution in [3.05, 3.63) is 101 Å². The van der Waals surface area contributed by atoms with Gasteiger partial charge in [0.05, 0.1) is 23.1 Å². The Morgan fingerprint density at radius 1 is 0.973 bits per heavy atom. The Morgan fingerprint density at radius 2 is 1.65 bits per heavy atom. The van der Waals surface area contributed by atoms with E-state index in [9.17, 15) is 23.2 Å². The molecule has 0 atom stereocenters. The molecule has 0 saturated heterocycles. The molecule has 37 heavy (non-hydrogen) atoms. The second-order valence-electron chi connectivity index (χ2n) is 7.71. The van der Waals surface area contributed by atoms with E-state index >= 15 is 0 Å². The Kier molecular flexibility index (Phi) is 8.79. The zero-order valence-electron chi connectivity index (χ0n) is 19.7. The average molecular weight is 507 g/mol. The van der Waals surface area contributed by atoms with Crippen molar-refractivity contribution in [3.63, 3.8) is 0 Å². The van der Waals surface area contributed by atoms with Crippen molar-refractivity contribution >= 4 is 23.9 Å². The molecule has 0 unspecified atom stereocenters. The van der Waals surface area contributed by atoms with E-state index in [1.807, 2.05) is 6.07 Å². The molecular formula is C26H24F2N6O3. The van der Waals surface area contributed by atoms with E-state index in [2.05, 4.69) is 15.7 Å². The van der Waals surface area contributed by atoms with Crippen LogP contribution in [0.1, 0.15) is 26.4 Å². The van der Waals surface area contributed by atoms with Gasteiger partial charge in [-0.1, -0.05) is 36.4 Å². The van der Waals surface area contributed by atoms with Gasteiger partial charge in [-0.15, -0.1) is 0 Å². The highest BCUT2D eigenvalue weighted by Crippen LogP contribution is 2.24. The van der Waals surface area contributed by atoms with Crippen LogP contribution in [-0.4, -0.2) is 35.1 Å². The van der Waals surface area contributed by atoms with Gasteiger partial charge in [0, 0.05) is 12.1 Å². The number of aromatic nitrogens is 2. The third-order valence-corrected chi connectivity index (χ3v) is 5.12. The average Bonchev–Trinajstić information content (AvgIpc) is 3.29. The number of halogens is 2. The van der Waals surface area contributed by atoms with Gasteiger partial charge in [-0.25, -0.2) is 18.3 Å². The van der Waals surface area contributed by atoms with Gasteiger partial charge in [-0.2, -0.15) is 5.10 Å². The lowest BCUT2D eigenvalue weighted by molar-refractivity contribution is 0.0995. The summed E-state index contributed by atoms with van der Waals surface area (Å²) in [6, 6.07) is 17.0. The number of aldehydes is 1. The number of nitrogens with zero attached hydrogens (tertiary/aromatic N) is 2. The lowest BCUT2D eigenvalue weighted by Gasteiger charge is -2.06. The summed E-state index contributed by atoms with van der Waals surface area (Å²) in [5.41, 5.74) is 12.9. The Labute approximate surface area is 211 Å². The molecule has 1 aromatic heterocycles. The van der Waals surface area contributed by atoms with Crippen LogP contribution in [0.4, 0.5) is 19.3 Å². The molecule has 9 nitrogen and oxygen atoms in total. The van der Waals surface area contributed by atoms with Gasteiger partial charge in [-0.05, 0) is 48.5 Å². The lowest BCUT2D eigenvalue weighted by atomic mass is 10.0. The molecule has 4 rings (SSSR count). The van der Waals surface area contributed by atoms with Crippen molar-refractivity contribution < 1.29 is 23.2 Å². The summed E-state index contributed by atoms with van der Waals surface area (Å²) in [5, 5.41) is 9.21. The highest BCUT2D eigenvalue weighted by molar-refractivity contribution is 6.00. The van der Waals surface area contributed by atoms with Gasteiger partial charge in [0.2, 0.25) is 0 Å². The maximum Gasteiger partial charge on any atom is 0.316 e. The minimum absolute atomic E-state index is 0.0135. The standard InChI is InChI=1S/C18H14FN5O3.C8H10FN/c19-14-7-11(1-2-12(14)9-25)10-3-5-13(6-4-10)24-8-15(22-18(21)27)16(23-24)17(20)26;1-10-6-7-4-2-3-5-8(7)9/h1-9H,(H2,20,26)(H3,21,22,27);2-5,10H,6H2,1H3. The summed E-state index contributed by atoms with van der Waals surface area (Å²) < 4.78 is 27.9. The van der Waals surface area contributed by atoms with E-state index in [0.29, 0.717) is 35.2 Å². The number of nitrogens with one attached hydrogen (secondary N) is 2. The zero-order chi connectivity index (χ0) is 26.9. The summed E-state index contributed by atoms with van der Waals surface area (Å²) >= 11 is 0. The fourth-order valence-electron chi connectivity index (χ4n) is 3.35. The molecule has 1 heterocycles. The molecule has 4 aromatic rings. The van der Waals surface area contributed by atoms with Crippen LogP contribution in [0.5, 0.6) is 0 Å². The Hall–Kier alpha value is -4.90. The predicted octanol–water partition coefficient (Wildman–Crippen LogP) is 3.63. The Morgan fingerprint density at radius 3 is 2.22 bits per heavy atom. The van der Waals surface area contributed by atoms with E-state index in [1.165, 1.54) is 29.1 Å². The van der Waals surface area contributed by atoms with Gasteiger partial charge in [0.15, 0.2) is 12.0 Å². The maximum absolute atomic E-state index is 13.8. The molecule has 0 fully saturated rings. The van der Waals surface area contributed by atoms with Gasteiger partial charge < -0.3 is 22.1 Å². The summed E-state index contributed by atoms with van der Waals surface area (Å²) in [4.78, 5) is 33.2. The van der Waals surface area contributed by atoms with Gasteiger partial charge >= 0.3 is 6.03 Å². The van der Waals surface area contributed by atoms with E-state index in [-0.39, 0.29) is 22.8 Å². The molecule has 0 aliphatic carbocycles. The minimum atomic E-state index is -0.854. The van der Waals surface area contributed by atoms with E-state index in [0.717, 1.165) is 0 Å². The molecule has 6 N–H and O–H groups in total. The molecule has 3 aromatic carbocycles. The summed E-state index contributed by atoms with van der Waals surface area (Å²) in [7, 11) is 1.80. The number of nitrogens with two attached hydrogens (primary N) is 2. The normalized spacial score (nSPS) is 10.2. The number of carbonyl (C=O) groups is 3. The fraction of sp³-hybridized carbons (Fsp3) is 0.0769. The van der Waals surface area contributed by atoms with E-state index < -0.39 is 17.8 Å². The molecule has 0 spiro atoms. The number of rotatable bonds is 7.